The summed E-state index contributed by atoms with van der Waals surface area (Å²) in [5, 5.41) is 0. The second kappa shape index (κ2) is 4.14. The molecule has 0 radical (unpaired) electrons. The van der Waals surface area contributed by atoms with Gasteiger partial charge in [-0.1, -0.05) is 15.9 Å². The number of allylic oxidation sites excluding steroid dienone is 1. The Labute approximate surface area is 113 Å². The van der Waals surface area contributed by atoms with E-state index in [1.165, 1.54) is 12.1 Å². The van der Waals surface area contributed by atoms with Crippen molar-refractivity contribution < 1.29 is 8.78 Å². The van der Waals surface area contributed by atoms with Crippen LogP contribution in [0, 0.1) is 11.6 Å². The molecule has 0 unspecified atom stereocenters. The molecule has 2 aliphatic carbocycles. The Kier molecular flexibility index (Phi) is 2.83. The molecule has 1 spiro atoms. The zero-order chi connectivity index (χ0) is 12.9. The average molecular weight is 314 g/mol. The Hall–Kier alpha value is -0.740. The van der Waals surface area contributed by atoms with Crippen molar-refractivity contribution in [2.24, 2.45) is 5.73 Å². The van der Waals surface area contributed by atoms with Gasteiger partial charge in [-0.25, -0.2) is 8.78 Å². The van der Waals surface area contributed by atoms with Crippen molar-refractivity contribution in [3.63, 3.8) is 0 Å². The summed E-state index contributed by atoms with van der Waals surface area (Å²) < 4.78 is 27.8. The van der Waals surface area contributed by atoms with E-state index in [2.05, 4.69) is 15.9 Å². The predicted octanol–water partition coefficient (Wildman–Crippen LogP) is 3.85. The maximum atomic E-state index is 13.5. The van der Waals surface area contributed by atoms with E-state index in [9.17, 15) is 8.78 Å². The van der Waals surface area contributed by atoms with Gasteiger partial charge in [-0.2, -0.15) is 0 Å². The molecule has 0 aromatic heterocycles. The molecule has 1 aromatic carbocycles. The highest BCUT2D eigenvalue weighted by Crippen LogP contribution is 2.53. The van der Waals surface area contributed by atoms with Crippen LogP contribution in [0.4, 0.5) is 8.78 Å². The molecule has 0 saturated heterocycles. The van der Waals surface area contributed by atoms with Crippen LogP contribution in [-0.4, -0.2) is 6.04 Å². The molecule has 1 fully saturated rings. The summed E-state index contributed by atoms with van der Waals surface area (Å²) in [6, 6.07) is 2.87. The topological polar surface area (TPSA) is 26.0 Å². The summed E-state index contributed by atoms with van der Waals surface area (Å²) in [7, 11) is 0. The van der Waals surface area contributed by atoms with Crippen LogP contribution < -0.4 is 5.73 Å². The molecular weight excluding hydrogens is 300 g/mol. The number of hydrogen-bond donors (Lipinski definition) is 1. The van der Waals surface area contributed by atoms with Gasteiger partial charge in [0, 0.05) is 15.9 Å². The molecule has 1 aromatic rings. The highest BCUT2D eigenvalue weighted by Gasteiger charge is 2.43. The average Bonchev–Trinajstić information content (AvgIpc) is 2.58. The number of halogens is 3. The summed E-state index contributed by atoms with van der Waals surface area (Å²) in [5.41, 5.74) is 7.45. The van der Waals surface area contributed by atoms with Gasteiger partial charge in [0.15, 0.2) is 11.6 Å². The van der Waals surface area contributed by atoms with Gasteiger partial charge in [0.1, 0.15) is 0 Å². The Balaban J connectivity index is 2.10. The molecule has 0 atom stereocenters. The number of rotatable bonds is 0. The molecular formula is C14H14BrF2N. The molecule has 96 valence electrons. The summed E-state index contributed by atoms with van der Waals surface area (Å²) in [6.45, 7) is 0. The zero-order valence-electron chi connectivity index (χ0n) is 9.85. The lowest BCUT2D eigenvalue weighted by Crippen LogP contribution is -2.36. The van der Waals surface area contributed by atoms with Crippen LogP contribution in [0.25, 0.3) is 6.08 Å². The SMILES string of the molecule is NC1CCC2(CC1)C(Br)=Cc1cc(F)c(F)cc12. The molecule has 0 heterocycles. The highest BCUT2D eigenvalue weighted by atomic mass is 79.9. The van der Waals surface area contributed by atoms with Crippen molar-refractivity contribution in [2.75, 3.05) is 0 Å². The maximum absolute atomic E-state index is 13.5. The third kappa shape index (κ3) is 1.66. The highest BCUT2D eigenvalue weighted by molar-refractivity contribution is 9.11. The van der Waals surface area contributed by atoms with Gasteiger partial charge in [-0.3, -0.25) is 0 Å². The van der Waals surface area contributed by atoms with Crippen LogP contribution in [0.1, 0.15) is 36.8 Å². The minimum absolute atomic E-state index is 0.181. The van der Waals surface area contributed by atoms with Crippen LogP contribution in [0.15, 0.2) is 16.6 Å². The van der Waals surface area contributed by atoms with Gasteiger partial charge < -0.3 is 5.73 Å². The number of hydrogen-bond acceptors (Lipinski definition) is 1. The van der Waals surface area contributed by atoms with Crippen LogP contribution in [-0.2, 0) is 5.41 Å². The normalized spacial score (nSPS) is 30.4. The molecule has 4 heteroatoms. The largest absolute Gasteiger partial charge is 0.328 e. The fourth-order valence-corrected chi connectivity index (χ4v) is 4.00. The lowest BCUT2D eigenvalue weighted by Gasteiger charge is -2.38. The quantitative estimate of drug-likeness (QED) is 0.773. The smallest absolute Gasteiger partial charge is 0.159 e. The van der Waals surface area contributed by atoms with Gasteiger partial charge in [0.05, 0.1) is 0 Å². The monoisotopic (exact) mass is 313 g/mol. The van der Waals surface area contributed by atoms with Crippen LogP contribution >= 0.6 is 15.9 Å². The van der Waals surface area contributed by atoms with Crippen LogP contribution in [0.3, 0.4) is 0 Å². The standard InChI is InChI=1S/C14H14BrF2N/c15-13-6-8-5-11(16)12(17)7-10(8)14(13)3-1-9(18)2-4-14/h5-7,9H,1-4,18H2. The lowest BCUT2D eigenvalue weighted by atomic mass is 9.70. The van der Waals surface area contributed by atoms with Crippen molar-refractivity contribution in [3.05, 3.63) is 39.4 Å². The van der Waals surface area contributed by atoms with Crippen molar-refractivity contribution in [1.82, 2.24) is 0 Å². The van der Waals surface area contributed by atoms with E-state index in [0.717, 1.165) is 41.3 Å². The zero-order valence-corrected chi connectivity index (χ0v) is 11.4. The first-order chi connectivity index (χ1) is 8.53. The molecule has 1 nitrogen and oxygen atoms in total. The third-order valence-corrected chi connectivity index (χ3v) is 5.22. The molecule has 3 rings (SSSR count). The van der Waals surface area contributed by atoms with Crippen molar-refractivity contribution >= 4 is 22.0 Å². The molecule has 18 heavy (non-hydrogen) atoms. The van der Waals surface area contributed by atoms with Gasteiger partial charge in [-0.05, 0) is 55.0 Å². The lowest BCUT2D eigenvalue weighted by molar-refractivity contribution is 0.324. The Bertz CT molecular complexity index is 531. The first-order valence-electron chi connectivity index (χ1n) is 6.16. The molecule has 1 saturated carbocycles. The summed E-state index contributed by atoms with van der Waals surface area (Å²) in [5.74, 6) is -1.55. The Morgan fingerprint density at radius 1 is 1.17 bits per heavy atom. The van der Waals surface area contributed by atoms with E-state index >= 15 is 0 Å². The fraction of sp³-hybridized carbons (Fsp3) is 0.429. The van der Waals surface area contributed by atoms with Gasteiger partial charge >= 0.3 is 0 Å². The molecule has 0 amide bonds. The van der Waals surface area contributed by atoms with Crippen LogP contribution in [0.5, 0.6) is 0 Å². The van der Waals surface area contributed by atoms with E-state index in [4.69, 9.17) is 5.73 Å². The fourth-order valence-electron chi connectivity index (χ4n) is 3.14. The van der Waals surface area contributed by atoms with Crippen molar-refractivity contribution in [1.29, 1.82) is 0 Å². The van der Waals surface area contributed by atoms with Gasteiger partial charge in [0.25, 0.3) is 0 Å². The summed E-state index contributed by atoms with van der Waals surface area (Å²) >= 11 is 3.58. The molecule has 2 N–H and O–H groups in total. The first-order valence-corrected chi connectivity index (χ1v) is 6.95. The first kappa shape index (κ1) is 12.3. The van der Waals surface area contributed by atoms with Crippen LogP contribution in [0.2, 0.25) is 0 Å². The van der Waals surface area contributed by atoms with Crippen molar-refractivity contribution in [3.8, 4) is 0 Å². The van der Waals surface area contributed by atoms with E-state index in [-0.39, 0.29) is 11.5 Å². The maximum Gasteiger partial charge on any atom is 0.159 e. The molecule has 0 aliphatic heterocycles. The second-order valence-electron chi connectivity index (χ2n) is 5.27. The number of fused-ring (bicyclic) bond motifs is 2. The van der Waals surface area contributed by atoms with E-state index < -0.39 is 11.6 Å². The van der Waals surface area contributed by atoms with E-state index in [1.807, 2.05) is 6.08 Å². The summed E-state index contributed by atoms with van der Waals surface area (Å²) in [6.07, 6.45) is 5.53. The minimum atomic E-state index is -0.783. The van der Waals surface area contributed by atoms with E-state index in [1.54, 1.807) is 0 Å². The second-order valence-corrected chi connectivity index (χ2v) is 6.12. The Morgan fingerprint density at radius 3 is 2.44 bits per heavy atom. The number of nitrogens with two attached hydrogens (primary N) is 1. The predicted molar refractivity (Wildman–Crippen MR) is 71.4 cm³/mol. The number of benzene rings is 1. The minimum Gasteiger partial charge on any atom is -0.328 e. The van der Waals surface area contributed by atoms with Gasteiger partial charge in [0.2, 0.25) is 0 Å². The Morgan fingerprint density at radius 2 is 1.78 bits per heavy atom. The molecule has 0 bridgehead atoms. The van der Waals surface area contributed by atoms with Gasteiger partial charge in [-0.15, -0.1) is 0 Å². The van der Waals surface area contributed by atoms with Crippen molar-refractivity contribution in [2.45, 2.75) is 37.1 Å². The molecule has 2 aliphatic rings. The summed E-state index contributed by atoms with van der Waals surface area (Å²) in [4.78, 5) is 0. The van der Waals surface area contributed by atoms with E-state index in [0.29, 0.717) is 0 Å². The third-order valence-electron chi connectivity index (χ3n) is 4.23.